The zero-order valence-corrected chi connectivity index (χ0v) is 11.2. The maximum atomic E-state index is 11.0. The number of esters is 1. The van der Waals surface area contributed by atoms with Crippen LogP contribution < -0.4 is 0 Å². The Morgan fingerprint density at radius 3 is 2.71 bits per heavy atom. The largest absolute Gasteiger partial charge is 0.469 e. The van der Waals surface area contributed by atoms with E-state index >= 15 is 0 Å². The Labute approximate surface area is 106 Å². The molecule has 0 heterocycles. The Hall–Kier alpha value is -1.22. The van der Waals surface area contributed by atoms with Crippen LogP contribution in [0, 0.1) is 0 Å². The Morgan fingerprint density at radius 2 is 2.06 bits per heavy atom. The van der Waals surface area contributed by atoms with Gasteiger partial charge in [-0.15, -0.1) is 0 Å². The van der Waals surface area contributed by atoms with Crippen LogP contribution in [0.2, 0.25) is 0 Å². The van der Waals surface area contributed by atoms with E-state index in [0.29, 0.717) is 6.42 Å². The summed E-state index contributed by atoms with van der Waals surface area (Å²) in [6.45, 7) is 0. The van der Waals surface area contributed by atoms with Crippen molar-refractivity contribution in [2.45, 2.75) is 6.42 Å². The summed E-state index contributed by atoms with van der Waals surface area (Å²) in [6.07, 6.45) is 7.00. The lowest BCUT2D eigenvalue weighted by Crippen LogP contribution is -2.13. The van der Waals surface area contributed by atoms with Gasteiger partial charge in [0.05, 0.1) is 19.8 Å². The number of hydrogen-bond donors (Lipinski definition) is 0. The number of methoxy groups -OCH3 is 1. The molecule has 92 valence electrons. The van der Waals surface area contributed by atoms with E-state index in [0.717, 1.165) is 11.5 Å². The third-order valence-electron chi connectivity index (χ3n) is 2.37. The van der Waals surface area contributed by atoms with Gasteiger partial charge in [-0.1, -0.05) is 36.4 Å². The molecule has 0 spiro atoms. The molecule has 1 unspecified atom stereocenters. The highest BCUT2D eigenvalue weighted by molar-refractivity contribution is 7.96. The van der Waals surface area contributed by atoms with Gasteiger partial charge in [0.2, 0.25) is 0 Å². The van der Waals surface area contributed by atoms with Gasteiger partial charge < -0.3 is 4.74 Å². The number of carbonyl (C=O) groups is 1. The van der Waals surface area contributed by atoms with Gasteiger partial charge in [0.15, 0.2) is 0 Å². The molecule has 0 bridgehead atoms. The van der Waals surface area contributed by atoms with Gasteiger partial charge in [0, 0.05) is 0 Å². The number of hydrogen-bond acceptors (Lipinski definition) is 2. The van der Waals surface area contributed by atoms with Crippen molar-refractivity contribution in [3.05, 3.63) is 42.0 Å². The quantitative estimate of drug-likeness (QED) is 0.573. The first kappa shape index (κ1) is 13.8. The molecule has 0 aromatic heterocycles. The van der Waals surface area contributed by atoms with Gasteiger partial charge in [-0.3, -0.25) is 4.79 Å². The minimum absolute atomic E-state index is 0.114. The zero-order chi connectivity index (χ0) is 12.5. The normalized spacial score (nSPS) is 12.6. The zero-order valence-electron chi connectivity index (χ0n) is 10.4. The molecule has 0 amide bonds. The summed E-state index contributed by atoms with van der Waals surface area (Å²) >= 11 is 0. The fourth-order valence-electron chi connectivity index (χ4n) is 1.36. The number of ether oxygens (including phenoxy) is 1. The van der Waals surface area contributed by atoms with E-state index in [9.17, 15) is 4.79 Å². The maximum absolute atomic E-state index is 11.0. The topological polar surface area (TPSA) is 26.3 Å². The van der Waals surface area contributed by atoms with Crippen molar-refractivity contribution in [1.29, 1.82) is 0 Å². The summed E-state index contributed by atoms with van der Waals surface area (Å²) < 4.78 is 4.62. The van der Waals surface area contributed by atoms with Crippen LogP contribution in [0.3, 0.4) is 0 Å². The molecule has 0 saturated heterocycles. The Kier molecular flexibility index (Phi) is 6.48. The smallest absolute Gasteiger partial charge is 0.310 e. The third kappa shape index (κ3) is 6.17. The average Bonchev–Trinajstić information content (AvgIpc) is 2.37. The van der Waals surface area contributed by atoms with Crippen LogP contribution in [-0.2, 0) is 20.4 Å². The lowest BCUT2D eigenvalue weighted by Gasteiger charge is -1.99. The first-order valence-electron chi connectivity index (χ1n) is 5.60. The molecule has 0 radical (unpaired) electrons. The molecular weight excluding hydrogens is 232 g/mol. The molecule has 0 saturated carbocycles. The minimum atomic E-state index is -0.114. The fraction of sp³-hybridized carbons (Fsp3) is 0.357. The second-order valence-corrected chi connectivity index (χ2v) is 6.10. The van der Waals surface area contributed by atoms with Crippen LogP contribution in [0.15, 0.2) is 36.4 Å². The molecule has 1 aromatic rings. The molecule has 17 heavy (non-hydrogen) atoms. The molecule has 1 atom stereocenters. The second-order valence-electron chi connectivity index (χ2n) is 3.79. The first-order chi connectivity index (χ1) is 8.22. The van der Waals surface area contributed by atoms with Gasteiger partial charge >= 0.3 is 5.97 Å². The van der Waals surface area contributed by atoms with E-state index in [2.05, 4.69) is 35.3 Å². The van der Waals surface area contributed by atoms with Crippen molar-refractivity contribution in [3.8, 4) is 0 Å². The molecule has 2 nitrogen and oxygen atoms in total. The monoisotopic (exact) mass is 251 g/mol. The van der Waals surface area contributed by atoms with Gasteiger partial charge in [-0.05, 0) is 22.5 Å². The number of rotatable bonds is 6. The molecule has 1 aromatic carbocycles. The van der Waals surface area contributed by atoms with E-state index in [1.54, 1.807) is 0 Å². The van der Waals surface area contributed by atoms with E-state index in [1.807, 2.05) is 18.2 Å². The lowest BCUT2D eigenvalue weighted by atomic mass is 10.2. The van der Waals surface area contributed by atoms with Crippen molar-refractivity contribution >= 4 is 22.9 Å². The molecule has 0 N–H and O–H groups in total. The Bertz CT molecular complexity index is 360. The highest BCUT2D eigenvalue weighted by Gasteiger charge is 2.11. The van der Waals surface area contributed by atoms with Crippen LogP contribution in [-0.4, -0.2) is 30.8 Å². The highest BCUT2D eigenvalue weighted by atomic mass is 32.2. The number of carbonyl (C=O) groups excluding carboxylic acids is 1. The van der Waals surface area contributed by atoms with Crippen LogP contribution in [0.5, 0.6) is 0 Å². The van der Waals surface area contributed by atoms with Crippen LogP contribution >= 0.6 is 0 Å². The van der Waals surface area contributed by atoms with Crippen molar-refractivity contribution in [3.63, 3.8) is 0 Å². The molecule has 0 aliphatic rings. The molecule has 0 aliphatic carbocycles. The molecule has 3 heteroatoms. The van der Waals surface area contributed by atoms with Crippen LogP contribution in [0.25, 0.3) is 6.08 Å². The molecule has 0 aliphatic heterocycles. The van der Waals surface area contributed by atoms with Gasteiger partial charge in [-0.2, -0.15) is 0 Å². The average molecular weight is 251 g/mol. The second kappa shape index (κ2) is 7.96. The third-order valence-corrected chi connectivity index (χ3v) is 4.04. The Balaban J connectivity index is 2.26. The summed E-state index contributed by atoms with van der Waals surface area (Å²) in [5.41, 5.74) is 1.22. The van der Waals surface area contributed by atoms with E-state index < -0.39 is 0 Å². The summed E-state index contributed by atoms with van der Waals surface area (Å²) in [6, 6.07) is 10.2. The van der Waals surface area contributed by atoms with Gasteiger partial charge in [-0.25, -0.2) is 0 Å². The van der Waals surface area contributed by atoms with Crippen LogP contribution in [0.1, 0.15) is 12.0 Å². The predicted octanol–water partition coefficient (Wildman–Crippen LogP) is 2.51. The molecule has 1 rings (SSSR count). The van der Waals surface area contributed by atoms with Gasteiger partial charge in [0.25, 0.3) is 0 Å². The summed E-state index contributed by atoms with van der Waals surface area (Å²) in [5.74, 6) is 1.81. The van der Waals surface area contributed by atoms with E-state index in [1.165, 1.54) is 12.7 Å². The Morgan fingerprint density at radius 1 is 1.35 bits per heavy atom. The summed E-state index contributed by atoms with van der Waals surface area (Å²) in [7, 11) is 1.68. The standard InChI is InChI=1S/C14H19O2S/c1-16-14(15)10-12-17(2)11-6-9-13-7-4-3-5-8-13/h3-9H,10-12H2,1-2H3/q+1. The van der Waals surface area contributed by atoms with E-state index in [4.69, 9.17) is 0 Å². The molecular formula is C14H19O2S+. The van der Waals surface area contributed by atoms with E-state index in [-0.39, 0.29) is 16.9 Å². The molecule has 0 fully saturated rings. The number of benzene rings is 1. The predicted molar refractivity (Wildman–Crippen MR) is 75.1 cm³/mol. The lowest BCUT2D eigenvalue weighted by molar-refractivity contribution is -0.140. The first-order valence-corrected chi connectivity index (χ1v) is 7.57. The SMILES string of the molecule is COC(=O)CC[S+](C)CC=Cc1ccccc1. The van der Waals surface area contributed by atoms with Crippen molar-refractivity contribution in [2.75, 3.05) is 24.9 Å². The van der Waals surface area contributed by atoms with Crippen molar-refractivity contribution in [2.24, 2.45) is 0 Å². The fourth-order valence-corrected chi connectivity index (χ4v) is 2.46. The van der Waals surface area contributed by atoms with Crippen molar-refractivity contribution < 1.29 is 9.53 Å². The highest BCUT2D eigenvalue weighted by Crippen LogP contribution is 2.03. The van der Waals surface area contributed by atoms with Crippen molar-refractivity contribution in [1.82, 2.24) is 0 Å². The van der Waals surface area contributed by atoms with Crippen LogP contribution in [0.4, 0.5) is 0 Å². The minimum Gasteiger partial charge on any atom is -0.469 e. The maximum Gasteiger partial charge on any atom is 0.310 e. The summed E-state index contributed by atoms with van der Waals surface area (Å²) in [5, 5.41) is 0. The summed E-state index contributed by atoms with van der Waals surface area (Å²) in [4.78, 5) is 11.0. The van der Waals surface area contributed by atoms with Gasteiger partial charge in [0.1, 0.15) is 11.5 Å².